The Bertz CT molecular complexity index is 453. The van der Waals surface area contributed by atoms with E-state index < -0.39 is 10.0 Å². The van der Waals surface area contributed by atoms with Gasteiger partial charge in [0.05, 0.1) is 4.34 Å². The third kappa shape index (κ3) is 3.46. The van der Waals surface area contributed by atoms with E-state index in [1.54, 1.807) is 6.08 Å². The zero-order valence-corrected chi connectivity index (χ0v) is 10.8. The minimum absolute atomic E-state index is 0.0308. The number of hydrogen-bond donors (Lipinski definition) is 1. The minimum Gasteiger partial charge on any atom is -0.211 e. The maximum atomic E-state index is 11.7. The number of halogens is 2. The number of hydrogen-bond acceptors (Lipinski definition) is 3. The van der Waals surface area contributed by atoms with Gasteiger partial charge in [-0.2, -0.15) is 0 Å². The van der Waals surface area contributed by atoms with E-state index >= 15 is 0 Å². The molecule has 1 aromatic rings. The third-order valence-electron chi connectivity index (χ3n) is 1.56. The van der Waals surface area contributed by atoms with Gasteiger partial charge in [0.1, 0.15) is 9.23 Å². The number of rotatable bonds is 5. The normalized spacial score (nSPS) is 11.6. The van der Waals surface area contributed by atoms with Gasteiger partial charge in [-0.1, -0.05) is 29.3 Å². The summed E-state index contributed by atoms with van der Waals surface area (Å²) in [5.74, 6) is 0. The van der Waals surface area contributed by atoms with Crippen LogP contribution < -0.4 is 4.72 Å². The van der Waals surface area contributed by atoms with Crippen LogP contribution in [0.4, 0.5) is 0 Å². The zero-order chi connectivity index (χ0) is 11.5. The molecule has 0 saturated carbocycles. The summed E-state index contributed by atoms with van der Waals surface area (Å²) in [5.41, 5.74) is 0. The molecule has 1 N–H and O–H groups in total. The third-order valence-corrected chi connectivity index (χ3v) is 4.77. The number of sulfonamides is 1. The molecule has 0 aromatic carbocycles. The van der Waals surface area contributed by atoms with Crippen LogP contribution in [-0.2, 0) is 10.0 Å². The van der Waals surface area contributed by atoms with Crippen LogP contribution in [0.2, 0.25) is 8.67 Å². The second kappa shape index (κ2) is 5.32. The fourth-order valence-corrected chi connectivity index (χ4v) is 4.08. The van der Waals surface area contributed by atoms with Crippen molar-refractivity contribution < 1.29 is 8.42 Å². The molecule has 1 heterocycles. The summed E-state index contributed by atoms with van der Waals surface area (Å²) in [6, 6.07) is 1.34. The molecule has 0 unspecified atom stereocenters. The van der Waals surface area contributed by atoms with Crippen LogP contribution in [0.1, 0.15) is 6.42 Å². The number of thiophene rings is 1. The molecular formula is C8H9Cl2NO2S2. The van der Waals surface area contributed by atoms with Gasteiger partial charge < -0.3 is 0 Å². The predicted octanol–water partition coefficient (Wildman–Crippen LogP) is 2.91. The molecule has 0 atom stereocenters. The van der Waals surface area contributed by atoms with Crippen LogP contribution in [0.3, 0.4) is 0 Å². The molecule has 84 valence electrons. The molecule has 0 aliphatic heterocycles. The smallest absolute Gasteiger partial charge is 0.211 e. The van der Waals surface area contributed by atoms with Gasteiger partial charge in [-0.05, 0) is 12.5 Å². The highest BCUT2D eigenvalue weighted by molar-refractivity contribution is 7.89. The van der Waals surface area contributed by atoms with Crippen molar-refractivity contribution in [2.75, 3.05) is 6.54 Å². The van der Waals surface area contributed by atoms with Gasteiger partial charge in [-0.15, -0.1) is 17.9 Å². The van der Waals surface area contributed by atoms with Crippen LogP contribution >= 0.6 is 34.5 Å². The summed E-state index contributed by atoms with van der Waals surface area (Å²) < 4.78 is 26.2. The maximum absolute atomic E-state index is 11.7. The molecule has 0 aliphatic rings. The van der Waals surface area contributed by atoms with Gasteiger partial charge >= 0.3 is 0 Å². The van der Waals surface area contributed by atoms with Gasteiger partial charge in [-0.25, -0.2) is 13.1 Å². The first-order valence-electron chi connectivity index (χ1n) is 4.03. The van der Waals surface area contributed by atoms with Gasteiger partial charge in [0.25, 0.3) is 0 Å². The highest BCUT2D eigenvalue weighted by Gasteiger charge is 2.19. The van der Waals surface area contributed by atoms with Crippen molar-refractivity contribution in [2.24, 2.45) is 0 Å². The summed E-state index contributed by atoms with van der Waals surface area (Å²) in [6.07, 6.45) is 2.19. The van der Waals surface area contributed by atoms with Gasteiger partial charge in [0, 0.05) is 6.54 Å². The van der Waals surface area contributed by atoms with Crippen LogP contribution in [0, 0.1) is 0 Å². The van der Waals surface area contributed by atoms with E-state index in [0.29, 0.717) is 17.3 Å². The van der Waals surface area contributed by atoms with Crippen LogP contribution in [0.25, 0.3) is 0 Å². The summed E-state index contributed by atoms with van der Waals surface area (Å²) in [7, 11) is -3.55. The second-order valence-corrected chi connectivity index (χ2v) is 6.68. The van der Waals surface area contributed by atoms with E-state index in [9.17, 15) is 8.42 Å². The average molecular weight is 286 g/mol. The fraction of sp³-hybridized carbons (Fsp3) is 0.250. The van der Waals surface area contributed by atoms with Crippen LogP contribution in [0.5, 0.6) is 0 Å². The Kier molecular flexibility index (Phi) is 4.61. The molecule has 15 heavy (non-hydrogen) atoms. The van der Waals surface area contributed by atoms with Crippen LogP contribution in [0.15, 0.2) is 23.6 Å². The molecule has 1 rings (SSSR count). The molecule has 3 nitrogen and oxygen atoms in total. The van der Waals surface area contributed by atoms with Crippen molar-refractivity contribution in [2.45, 2.75) is 11.3 Å². The van der Waals surface area contributed by atoms with Gasteiger partial charge in [0.2, 0.25) is 10.0 Å². The van der Waals surface area contributed by atoms with Crippen LogP contribution in [-0.4, -0.2) is 15.0 Å². The molecule has 0 spiro atoms. The van der Waals surface area contributed by atoms with E-state index in [1.165, 1.54) is 6.07 Å². The maximum Gasteiger partial charge on any atom is 0.242 e. The molecule has 0 radical (unpaired) electrons. The molecule has 0 amide bonds. The van der Waals surface area contributed by atoms with E-state index in [-0.39, 0.29) is 9.23 Å². The highest BCUT2D eigenvalue weighted by atomic mass is 35.5. The second-order valence-electron chi connectivity index (χ2n) is 2.66. The molecule has 7 heteroatoms. The van der Waals surface area contributed by atoms with Crippen molar-refractivity contribution in [1.29, 1.82) is 0 Å². The van der Waals surface area contributed by atoms with Crippen molar-refractivity contribution in [3.05, 3.63) is 27.4 Å². The van der Waals surface area contributed by atoms with Gasteiger partial charge in [-0.3, -0.25) is 0 Å². The molecule has 0 saturated heterocycles. The fourth-order valence-electron chi connectivity index (χ4n) is 0.881. The van der Waals surface area contributed by atoms with E-state index in [2.05, 4.69) is 11.3 Å². The Morgan fingerprint density at radius 3 is 2.67 bits per heavy atom. The van der Waals surface area contributed by atoms with Crippen molar-refractivity contribution in [3.63, 3.8) is 0 Å². The quantitative estimate of drug-likeness (QED) is 0.668. The van der Waals surface area contributed by atoms with Crippen molar-refractivity contribution in [3.8, 4) is 0 Å². The molecular weight excluding hydrogens is 277 g/mol. The predicted molar refractivity (Wildman–Crippen MR) is 64.3 cm³/mol. The Morgan fingerprint density at radius 2 is 2.20 bits per heavy atom. The molecule has 0 aliphatic carbocycles. The standard InChI is InChI=1S/C8H9Cl2NO2S2/c1-2-3-4-11-15(12,13)6-5-7(9)14-8(6)10/h2,5,11H,1,3-4H2. The molecule has 1 aromatic heterocycles. The van der Waals surface area contributed by atoms with E-state index in [4.69, 9.17) is 23.2 Å². The summed E-state index contributed by atoms with van der Waals surface area (Å²) >= 11 is 12.4. The largest absolute Gasteiger partial charge is 0.242 e. The lowest BCUT2D eigenvalue weighted by molar-refractivity contribution is 0.582. The van der Waals surface area contributed by atoms with Crippen molar-refractivity contribution in [1.82, 2.24) is 4.72 Å². The number of nitrogens with one attached hydrogen (secondary N) is 1. The van der Waals surface area contributed by atoms with E-state index in [1.807, 2.05) is 0 Å². The van der Waals surface area contributed by atoms with Gasteiger partial charge in [0.15, 0.2) is 0 Å². The Labute approximate surface area is 103 Å². The summed E-state index contributed by atoms with van der Waals surface area (Å²) in [4.78, 5) is 0.0308. The first-order chi connectivity index (χ1) is 6.97. The lowest BCUT2D eigenvalue weighted by atomic mass is 10.4. The molecule has 0 fully saturated rings. The first kappa shape index (κ1) is 13.0. The highest BCUT2D eigenvalue weighted by Crippen LogP contribution is 2.33. The average Bonchev–Trinajstić information content (AvgIpc) is 2.46. The Balaban J connectivity index is 2.86. The minimum atomic E-state index is -3.55. The van der Waals surface area contributed by atoms with E-state index in [0.717, 1.165) is 11.3 Å². The topological polar surface area (TPSA) is 46.2 Å². The SMILES string of the molecule is C=CCCNS(=O)(=O)c1cc(Cl)sc1Cl. The molecule has 0 bridgehead atoms. The Morgan fingerprint density at radius 1 is 1.53 bits per heavy atom. The monoisotopic (exact) mass is 285 g/mol. The first-order valence-corrected chi connectivity index (χ1v) is 7.08. The lowest BCUT2D eigenvalue weighted by Crippen LogP contribution is -2.24. The Hall–Kier alpha value is -0.0700. The summed E-state index contributed by atoms with van der Waals surface area (Å²) in [6.45, 7) is 3.80. The zero-order valence-electron chi connectivity index (χ0n) is 7.66. The van der Waals surface area contributed by atoms with Crippen molar-refractivity contribution >= 4 is 44.6 Å². The lowest BCUT2D eigenvalue weighted by Gasteiger charge is -2.03. The summed E-state index contributed by atoms with van der Waals surface area (Å²) in [5, 5.41) is 0.